The molecule has 8 nitrogen and oxygen atoms in total. The minimum Gasteiger partial charge on any atom is -0.495 e. The largest absolute Gasteiger partial charge is 0.495 e. The molecule has 0 bridgehead atoms. The van der Waals surface area contributed by atoms with E-state index in [4.69, 9.17) is 55.9 Å². The number of imide groups is 1. The van der Waals surface area contributed by atoms with Gasteiger partial charge in [-0.3, -0.25) is 19.3 Å². The highest BCUT2D eigenvalue weighted by molar-refractivity contribution is 6.55. The van der Waals surface area contributed by atoms with Crippen molar-refractivity contribution in [1.29, 1.82) is 0 Å². The predicted octanol–water partition coefficient (Wildman–Crippen LogP) is 5.65. The molecule has 186 valence electrons. The zero-order valence-corrected chi connectivity index (χ0v) is 21.6. The topological polar surface area (TPSA) is 102 Å². The molecule has 1 atom stereocenters. The molecule has 1 aliphatic heterocycles. The molecule has 0 aliphatic carbocycles. The first kappa shape index (κ1) is 27.1. The number of rotatable bonds is 9. The Morgan fingerprint density at radius 2 is 1.54 bits per heavy atom. The fourth-order valence-electron chi connectivity index (χ4n) is 3.57. The van der Waals surface area contributed by atoms with E-state index < -0.39 is 36.3 Å². The third-order valence-corrected chi connectivity index (χ3v) is 7.08. The summed E-state index contributed by atoms with van der Waals surface area (Å²) < 4.78 is 10.3. The number of ether oxygens (including phenoxy) is 2. The second-order valence-electron chi connectivity index (χ2n) is 7.50. The van der Waals surface area contributed by atoms with Crippen LogP contribution in [0.5, 0.6) is 5.75 Å². The van der Waals surface area contributed by atoms with Crippen molar-refractivity contribution in [2.24, 2.45) is 0 Å². The van der Waals surface area contributed by atoms with Crippen LogP contribution in [0.15, 0.2) is 24.3 Å². The van der Waals surface area contributed by atoms with Crippen LogP contribution in [0.1, 0.15) is 46.9 Å². The Labute approximate surface area is 221 Å². The molecule has 3 amide bonds. The molecule has 3 rings (SSSR count). The number of nitrogens with zero attached hydrogens (tertiary/aromatic N) is 1. The predicted molar refractivity (Wildman–Crippen MR) is 133 cm³/mol. The lowest BCUT2D eigenvalue weighted by molar-refractivity contribution is -0.151. The standard InChI is InChI=1S/C23H20Cl4N2O6/c1-3-4-8-12(23(33)35-10-14(30)28-11-7-5-6-9-13(11)34-2)29-21(31)15-16(22(29)32)18(25)20(27)19(26)17(15)24/h5-7,9,12H,3-4,8,10H2,1-2H3,(H,28,30)/t12-/m0/s1. The van der Waals surface area contributed by atoms with E-state index in [9.17, 15) is 19.2 Å². The van der Waals surface area contributed by atoms with Gasteiger partial charge in [0.1, 0.15) is 11.8 Å². The van der Waals surface area contributed by atoms with Gasteiger partial charge in [-0.1, -0.05) is 78.3 Å². The lowest BCUT2D eigenvalue weighted by atomic mass is 10.1. The number of benzene rings is 2. The maximum Gasteiger partial charge on any atom is 0.329 e. The number of methoxy groups -OCH3 is 1. The monoisotopic (exact) mass is 560 g/mol. The maximum absolute atomic E-state index is 13.2. The third-order valence-electron chi connectivity index (χ3n) is 5.27. The Bertz CT molecular complexity index is 1160. The zero-order chi connectivity index (χ0) is 25.9. The average molecular weight is 562 g/mol. The van der Waals surface area contributed by atoms with Crippen molar-refractivity contribution >= 4 is 75.8 Å². The van der Waals surface area contributed by atoms with Crippen LogP contribution in [0.4, 0.5) is 5.69 Å². The number of carbonyl (C=O) groups excluding carboxylic acids is 4. The molecule has 0 aromatic heterocycles. The quantitative estimate of drug-likeness (QED) is 0.184. The van der Waals surface area contributed by atoms with Gasteiger partial charge in [0.25, 0.3) is 17.7 Å². The highest BCUT2D eigenvalue weighted by Crippen LogP contribution is 2.45. The second-order valence-corrected chi connectivity index (χ2v) is 9.01. The molecule has 0 fully saturated rings. The van der Waals surface area contributed by atoms with Crippen molar-refractivity contribution in [2.75, 3.05) is 19.0 Å². The maximum atomic E-state index is 13.2. The number of nitrogens with one attached hydrogen (secondary N) is 1. The summed E-state index contributed by atoms with van der Waals surface area (Å²) in [5, 5.41) is 1.73. The first-order valence-corrected chi connectivity index (χ1v) is 12.0. The van der Waals surface area contributed by atoms with Crippen molar-refractivity contribution in [2.45, 2.75) is 32.2 Å². The summed E-state index contributed by atoms with van der Waals surface area (Å²) in [7, 11) is 1.45. The van der Waals surface area contributed by atoms with Gasteiger partial charge in [-0.05, 0) is 18.6 Å². The van der Waals surface area contributed by atoms with Gasteiger partial charge in [0.05, 0.1) is 44.0 Å². The number of hydrogen-bond acceptors (Lipinski definition) is 6. The van der Waals surface area contributed by atoms with Crippen LogP contribution in [-0.4, -0.2) is 48.3 Å². The molecule has 12 heteroatoms. The lowest BCUT2D eigenvalue weighted by Gasteiger charge is -2.24. The van der Waals surface area contributed by atoms with Crippen LogP contribution in [0, 0.1) is 0 Å². The summed E-state index contributed by atoms with van der Waals surface area (Å²) in [5.74, 6) is -2.86. The van der Waals surface area contributed by atoms with Gasteiger partial charge in [0, 0.05) is 0 Å². The molecular weight excluding hydrogens is 542 g/mol. The minimum atomic E-state index is -1.31. The van der Waals surface area contributed by atoms with E-state index in [1.165, 1.54) is 7.11 Å². The fraction of sp³-hybridized carbons (Fsp3) is 0.304. The van der Waals surface area contributed by atoms with Gasteiger partial charge in [-0.15, -0.1) is 0 Å². The number of hydrogen-bond donors (Lipinski definition) is 1. The van der Waals surface area contributed by atoms with E-state index in [2.05, 4.69) is 5.32 Å². The van der Waals surface area contributed by atoms with Crippen LogP contribution in [0.2, 0.25) is 20.1 Å². The van der Waals surface area contributed by atoms with E-state index in [-0.39, 0.29) is 37.6 Å². The van der Waals surface area contributed by atoms with Crippen LogP contribution in [-0.2, 0) is 14.3 Å². The number of amides is 3. The molecule has 1 heterocycles. The number of anilines is 1. The molecule has 35 heavy (non-hydrogen) atoms. The van der Waals surface area contributed by atoms with Gasteiger partial charge in [-0.2, -0.15) is 0 Å². The van der Waals surface area contributed by atoms with Crippen molar-refractivity contribution in [1.82, 2.24) is 4.90 Å². The van der Waals surface area contributed by atoms with E-state index in [0.29, 0.717) is 24.3 Å². The molecule has 1 N–H and O–H groups in total. The van der Waals surface area contributed by atoms with Crippen LogP contribution in [0.3, 0.4) is 0 Å². The van der Waals surface area contributed by atoms with Crippen LogP contribution in [0.25, 0.3) is 0 Å². The van der Waals surface area contributed by atoms with Crippen molar-refractivity contribution in [3.05, 3.63) is 55.5 Å². The molecule has 0 unspecified atom stereocenters. The number of halogens is 4. The van der Waals surface area contributed by atoms with Crippen molar-refractivity contribution in [3.8, 4) is 5.75 Å². The Morgan fingerprint density at radius 1 is 0.971 bits per heavy atom. The molecule has 1 aliphatic rings. The number of para-hydroxylation sites is 2. The van der Waals surface area contributed by atoms with Gasteiger partial charge >= 0.3 is 5.97 Å². The first-order chi connectivity index (χ1) is 16.6. The van der Waals surface area contributed by atoms with Crippen molar-refractivity contribution < 1.29 is 28.7 Å². The molecular formula is C23H20Cl4N2O6. The van der Waals surface area contributed by atoms with E-state index in [1.807, 2.05) is 6.92 Å². The number of unbranched alkanes of at least 4 members (excludes halogenated alkanes) is 1. The average Bonchev–Trinajstić information content (AvgIpc) is 3.10. The SMILES string of the molecule is CCCC[C@@H](C(=O)OCC(=O)Nc1ccccc1OC)N1C(=O)c2c(Cl)c(Cl)c(Cl)c(Cl)c2C1=O. The van der Waals surface area contributed by atoms with Crippen molar-refractivity contribution in [3.63, 3.8) is 0 Å². The van der Waals surface area contributed by atoms with E-state index in [0.717, 1.165) is 4.90 Å². The highest BCUT2D eigenvalue weighted by atomic mass is 35.5. The summed E-state index contributed by atoms with van der Waals surface area (Å²) in [5.41, 5.74) is -0.0875. The van der Waals surface area contributed by atoms with E-state index in [1.54, 1.807) is 24.3 Å². The normalized spacial score (nSPS) is 13.5. The van der Waals surface area contributed by atoms with Crippen LogP contribution >= 0.6 is 46.4 Å². The smallest absolute Gasteiger partial charge is 0.329 e. The Hall–Kier alpha value is -2.52. The third kappa shape index (κ3) is 5.35. The van der Waals surface area contributed by atoms with Gasteiger partial charge in [0.15, 0.2) is 6.61 Å². The zero-order valence-electron chi connectivity index (χ0n) is 18.6. The highest BCUT2D eigenvalue weighted by Gasteiger charge is 2.47. The summed E-state index contributed by atoms with van der Waals surface area (Å²) >= 11 is 24.5. The number of carbonyl (C=O) groups is 4. The summed E-state index contributed by atoms with van der Waals surface area (Å²) in [6.07, 6.45) is 1.26. The molecule has 2 aromatic carbocycles. The Balaban J connectivity index is 1.81. The first-order valence-electron chi connectivity index (χ1n) is 10.5. The minimum absolute atomic E-state index is 0.103. The molecule has 0 saturated heterocycles. The van der Waals surface area contributed by atoms with E-state index >= 15 is 0 Å². The number of esters is 1. The lowest BCUT2D eigenvalue weighted by Crippen LogP contribution is -2.46. The molecule has 2 aromatic rings. The fourth-order valence-corrected chi connectivity index (χ4v) is 4.58. The van der Waals surface area contributed by atoms with Gasteiger partial charge in [0.2, 0.25) is 0 Å². The molecule has 0 spiro atoms. The Kier molecular flexibility index (Phi) is 8.88. The van der Waals surface area contributed by atoms with Gasteiger partial charge < -0.3 is 14.8 Å². The second kappa shape index (κ2) is 11.5. The Morgan fingerprint density at radius 3 is 2.09 bits per heavy atom. The van der Waals surface area contributed by atoms with Gasteiger partial charge in [-0.25, -0.2) is 4.79 Å². The number of fused-ring (bicyclic) bond motifs is 1. The molecule has 0 saturated carbocycles. The summed E-state index contributed by atoms with van der Waals surface area (Å²) in [6.45, 7) is 1.22. The van der Waals surface area contributed by atoms with Crippen LogP contribution < -0.4 is 10.1 Å². The summed E-state index contributed by atoms with van der Waals surface area (Å²) in [6, 6.07) is 5.38. The summed E-state index contributed by atoms with van der Waals surface area (Å²) in [4.78, 5) is 52.4. The molecule has 0 radical (unpaired) electrons.